The molecule has 2 heterocycles. The molecule has 0 aliphatic rings. The lowest BCUT2D eigenvalue weighted by atomic mass is 10.0. The van der Waals surface area contributed by atoms with Crippen molar-refractivity contribution in [3.8, 4) is 16.8 Å². The molecular weight excluding hydrogens is 392 g/mol. The average molecular weight is 414 g/mol. The van der Waals surface area contributed by atoms with Crippen LogP contribution in [-0.4, -0.2) is 31.1 Å². The fourth-order valence-electron chi connectivity index (χ4n) is 3.24. The molecule has 4 rings (SSSR count). The van der Waals surface area contributed by atoms with E-state index in [2.05, 4.69) is 25.8 Å². The molecule has 1 amide bonds. The largest absolute Gasteiger partial charge is 0.329 e. The Bertz CT molecular complexity index is 1290. The third-order valence-corrected chi connectivity index (χ3v) is 4.85. The van der Waals surface area contributed by atoms with Gasteiger partial charge in [0.25, 0.3) is 5.91 Å². The van der Waals surface area contributed by atoms with Gasteiger partial charge in [0.1, 0.15) is 0 Å². The number of rotatable bonds is 5. The highest BCUT2D eigenvalue weighted by molar-refractivity contribution is 6.05. The SMILES string of the molecule is Cc1ccc(-c2cc(C(=O)Nc3cc[nH]c(=O)c3)cc(-n3nnnc3C(C)C)c2)cc1. The van der Waals surface area contributed by atoms with Crippen LogP contribution < -0.4 is 10.9 Å². The molecule has 0 spiro atoms. The quantitative estimate of drug-likeness (QED) is 0.518. The number of anilines is 1. The molecule has 8 heteroatoms. The first-order chi connectivity index (χ1) is 14.9. The van der Waals surface area contributed by atoms with Crippen LogP contribution in [0.3, 0.4) is 0 Å². The number of hydrogen-bond donors (Lipinski definition) is 2. The van der Waals surface area contributed by atoms with E-state index in [-0.39, 0.29) is 17.4 Å². The van der Waals surface area contributed by atoms with E-state index in [1.54, 1.807) is 16.8 Å². The van der Waals surface area contributed by atoms with Crippen LogP contribution in [0.1, 0.15) is 41.5 Å². The minimum Gasteiger partial charge on any atom is -0.329 e. The Kier molecular flexibility index (Phi) is 5.44. The number of carbonyl (C=O) groups excluding carboxylic acids is 1. The van der Waals surface area contributed by atoms with Crippen LogP contribution in [0.15, 0.2) is 65.6 Å². The number of aryl methyl sites for hydroxylation is 1. The van der Waals surface area contributed by atoms with Crippen LogP contribution in [0.25, 0.3) is 16.8 Å². The zero-order valence-corrected chi connectivity index (χ0v) is 17.5. The van der Waals surface area contributed by atoms with E-state index in [9.17, 15) is 9.59 Å². The van der Waals surface area contributed by atoms with Crippen molar-refractivity contribution in [2.45, 2.75) is 26.7 Å². The van der Waals surface area contributed by atoms with Gasteiger partial charge in [-0.2, -0.15) is 4.68 Å². The summed E-state index contributed by atoms with van der Waals surface area (Å²) in [6, 6.07) is 16.5. The molecule has 2 aromatic heterocycles. The number of nitrogens with one attached hydrogen (secondary N) is 2. The molecule has 156 valence electrons. The number of aromatic amines is 1. The smallest absolute Gasteiger partial charge is 0.255 e. The summed E-state index contributed by atoms with van der Waals surface area (Å²) < 4.78 is 1.65. The maximum Gasteiger partial charge on any atom is 0.255 e. The average Bonchev–Trinajstić information content (AvgIpc) is 3.24. The van der Waals surface area contributed by atoms with Crippen molar-refractivity contribution in [1.82, 2.24) is 25.2 Å². The lowest BCUT2D eigenvalue weighted by Crippen LogP contribution is -2.15. The molecule has 0 radical (unpaired) electrons. The van der Waals surface area contributed by atoms with Gasteiger partial charge in [0.05, 0.1) is 5.69 Å². The fraction of sp³-hybridized carbons (Fsp3) is 0.174. The number of pyridine rings is 1. The summed E-state index contributed by atoms with van der Waals surface area (Å²) in [5, 5.41) is 14.8. The molecule has 0 fully saturated rings. The molecule has 2 N–H and O–H groups in total. The number of nitrogens with zero attached hydrogens (tertiary/aromatic N) is 4. The maximum absolute atomic E-state index is 13.0. The molecular formula is C23H22N6O2. The number of benzene rings is 2. The molecule has 0 unspecified atom stereocenters. The molecule has 0 bridgehead atoms. The topological polar surface area (TPSA) is 106 Å². The van der Waals surface area contributed by atoms with Crippen molar-refractivity contribution in [3.63, 3.8) is 0 Å². The first kappa shape index (κ1) is 20.2. The summed E-state index contributed by atoms with van der Waals surface area (Å²) in [7, 11) is 0. The molecule has 0 saturated carbocycles. The third-order valence-electron chi connectivity index (χ3n) is 4.85. The Morgan fingerprint density at radius 2 is 1.81 bits per heavy atom. The predicted octanol–water partition coefficient (Wildman–Crippen LogP) is 3.70. The van der Waals surface area contributed by atoms with E-state index < -0.39 is 0 Å². The van der Waals surface area contributed by atoms with Crippen molar-refractivity contribution >= 4 is 11.6 Å². The van der Waals surface area contributed by atoms with Gasteiger partial charge in [-0.25, -0.2) is 0 Å². The highest BCUT2D eigenvalue weighted by Crippen LogP contribution is 2.26. The Morgan fingerprint density at radius 1 is 1.03 bits per heavy atom. The Balaban J connectivity index is 1.81. The summed E-state index contributed by atoms with van der Waals surface area (Å²) in [5.74, 6) is 0.466. The van der Waals surface area contributed by atoms with E-state index in [1.807, 2.05) is 57.2 Å². The molecule has 0 aliphatic heterocycles. The van der Waals surface area contributed by atoms with Gasteiger partial charge in [-0.1, -0.05) is 43.7 Å². The lowest BCUT2D eigenvalue weighted by molar-refractivity contribution is 0.102. The van der Waals surface area contributed by atoms with E-state index in [1.165, 1.54) is 12.3 Å². The van der Waals surface area contributed by atoms with Gasteiger partial charge in [0, 0.05) is 29.4 Å². The Hall–Kier alpha value is -4.07. The zero-order chi connectivity index (χ0) is 22.0. The van der Waals surface area contributed by atoms with Crippen molar-refractivity contribution in [1.29, 1.82) is 0 Å². The minimum atomic E-state index is -0.333. The summed E-state index contributed by atoms with van der Waals surface area (Å²) in [5.41, 5.74) is 4.22. The number of carbonyl (C=O) groups is 1. The summed E-state index contributed by atoms with van der Waals surface area (Å²) in [4.78, 5) is 27.1. The maximum atomic E-state index is 13.0. The number of amides is 1. The van der Waals surface area contributed by atoms with Crippen LogP contribution >= 0.6 is 0 Å². The van der Waals surface area contributed by atoms with Gasteiger partial charge < -0.3 is 10.3 Å². The number of aromatic nitrogens is 5. The van der Waals surface area contributed by atoms with E-state index in [4.69, 9.17) is 0 Å². The van der Waals surface area contributed by atoms with Gasteiger partial charge in [0.15, 0.2) is 5.82 Å². The molecule has 2 aromatic carbocycles. The second-order valence-corrected chi connectivity index (χ2v) is 7.63. The van der Waals surface area contributed by atoms with Crippen LogP contribution in [-0.2, 0) is 0 Å². The lowest BCUT2D eigenvalue weighted by Gasteiger charge is -2.13. The zero-order valence-electron chi connectivity index (χ0n) is 17.5. The predicted molar refractivity (Wildman–Crippen MR) is 118 cm³/mol. The summed E-state index contributed by atoms with van der Waals surface area (Å²) in [6.07, 6.45) is 1.49. The first-order valence-electron chi connectivity index (χ1n) is 9.91. The van der Waals surface area contributed by atoms with Crippen LogP contribution in [0.5, 0.6) is 0 Å². The van der Waals surface area contributed by atoms with Gasteiger partial charge in [-0.05, 0) is 52.7 Å². The fourth-order valence-corrected chi connectivity index (χ4v) is 3.24. The summed E-state index contributed by atoms with van der Waals surface area (Å²) in [6.45, 7) is 6.04. The molecule has 31 heavy (non-hydrogen) atoms. The number of hydrogen-bond acceptors (Lipinski definition) is 5. The van der Waals surface area contributed by atoms with Crippen molar-refractivity contribution in [2.24, 2.45) is 0 Å². The van der Waals surface area contributed by atoms with Crippen LogP contribution in [0.4, 0.5) is 5.69 Å². The van der Waals surface area contributed by atoms with Gasteiger partial charge in [0.2, 0.25) is 5.56 Å². The van der Waals surface area contributed by atoms with Gasteiger partial charge in [-0.3, -0.25) is 9.59 Å². The minimum absolute atomic E-state index is 0.103. The standard InChI is InChI=1S/C23H22N6O2/c1-14(2)22-26-27-28-29(22)20-11-17(16-6-4-15(3)5-7-16)10-18(12-20)23(31)25-19-8-9-24-21(30)13-19/h4-14H,1-3H3,(H2,24,25,30,31). The second kappa shape index (κ2) is 8.35. The summed E-state index contributed by atoms with van der Waals surface area (Å²) >= 11 is 0. The van der Waals surface area contributed by atoms with Crippen molar-refractivity contribution in [2.75, 3.05) is 5.32 Å². The number of H-pyrrole nitrogens is 1. The monoisotopic (exact) mass is 414 g/mol. The Labute approximate surface area is 179 Å². The third kappa shape index (κ3) is 4.42. The molecule has 4 aromatic rings. The van der Waals surface area contributed by atoms with Crippen LogP contribution in [0.2, 0.25) is 0 Å². The van der Waals surface area contributed by atoms with Crippen LogP contribution in [0, 0.1) is 6.92 Å². The molecule has 8 nitrogen and oxygen atoms in total. The second-order valence-electron chi connectivity index (χ2n) is 7.63. The highest BCUT2D eigenvalue weighted by atomic mass is 16.1. The van der Waals surface area contributed by atoms with Gasteiger partial charge >= 0.3 is 0 Å². The van der Waals surface area contributed by atoms with Gasteiger partial charge in [-0.15, -0.1) is 5.10 Å². The molecule has 0 saturated heterocycles. The normalized spacial score (nSPS) is 11.0. The van der Waals surface area contributed by atoms with Crippen molar-refractivity contribution < 1.29 is 4.79 Å². The van der Waals surface area contributed by atoms with E-state index >= 15 is 0 Å². The Morgan fingerprint density at radius 3 is 2.52 bits per heavy atom. The van der Waals surface area contributed by atoms with Crippen molar-refractivity contribution in [3.05, 3.63) is 88.1 Å². The number of tetrazole rings is 1. The van der Waals surface area contributed by atoms with E-state index in [0.29, 0.717) is 22.8 Å². The highest BCUT2D eigenvalue weighted by Gasteiger charge is 2.16. The van der Waals surface area contributed by atoms with E-state index in [0.717, 1.165) is 16.7 Å². The molecule has 0 aliphatic carbocycles. The first-order valence-corrected chi connectivity index (χ1v) is 9.91. The molecule has 0 atom stereocenters.